The molecular formula is C13H15BrO. The monoisotopic (exact) mass is 266 g/mol. The number of ketones is 1. The smallest absolute Gasteiger partial charge is 0.165 e. The lowest BCUT2D eigenvalue weighted by Gasteiger charge is -2.20. The zero-order valence-electron chi connectivity index (χ0n) is 8.71. The van der Waals surface area contributed by atoms with Gasteiger partial charge >= 0.3 is 0 Å². The molecule has 0 saturated heterocycles. The van der Waals surface area contributed by atoms with Crippen LogP contribution in [0.15, 0.2) is 28.7 Å². The Morgan fingerprint density at radius 1 is 1.20 bits per heavy atom. The van der Waals surface area contributed by atoms with Crippen LogP contribution in [0.2, 0.25) is 0 Å². The minimum atomic E-state index is 0.271. The molecule has 1 aromatic rings. The van der Waals surface area contributed by atoms with Gasteiger partial charge in [0.05, 0.1) is 0 Å². The summed E-state index contributed by atoms with van der Waals surface area (Å²) in [5.41, 5.74) is 0.858. The van der Waals surface area contributed by atoms with E-state index in [1.54, 1.807) is 0 Å². The summed E-state index contributed by atoms with van der Waals surface area (Å²) in [4.78, 5) is 12.1. The van der Waals surface area contributed by atoms with E-state index < -0.39 is 0 Å². The van der Waals surface area contributed by atoms with Crippen molar-refractivity contribution in [2.45, 2.75) is 32.1 Å². The Labute approximate surface area is 99.0 Å². The molecule has 0 radical (unpaired) electrons. The highest BCUT2D eigenvalue weighted by atomic mass is 79.9. The minimum Gasteiger partial charge on any atom is -0.294 e. The number of halogens is 1. The van der Waals surface area contributed by atoms with Crippen molar-refractivity contribution in [1.29, 1.82) is 0 Å². The molecule has 0 N–H and O–H groups in total. The molecule has 0 aliphatic heterocycles. The van der Waals surface area contributed by atoms with E-state index in [1.165, 1.54) is 19.3 Å². The Morgan fingerprint density at radius 3 is 2.60 bits per heavy atom. The van der Waals surface area contributed by atoms with Gasteiger partial charge in [-0.2, -0.15) is 0 Å². The van der Waals surface area contributed by atoms with Gasteiger partial charge in [-0.25, -0.2) is 0 Å². The number of rotatable bonds is 2. The second-order valence-electron chi connectivity index (χ2n) is 4.21. The van der Waals surface area contributed by atoms with Crippen LogP contribution >= 0.6 is 15.9 Å². The predicted octanol–water partition coefficient (Wildman–Crippen LogP) is 4.21. The Kier molecular flexibility index (Phi) is 3.57. The third kappa shape index (κ3) is 2.69. The van der Waals surface area contributed by atoms with Gasteiger partial charge < -0.3 is 0 Å². The largest absolute Gasteiger partial charge is 0.294 e. The Morgan fingerprint density at radius 2 is 1.93 bits per heavy atom. The van der Waals surface area contributed by atoms with Gasteiger partial charge in [-0.15, -0.1) is 0 Å². The van der Waals surface area contributed by atoms with Gasteiger partial charge in [-0.05, 0) is 25.0 Å². The molecule has 1 nitrogen and oxygen atoms in total. The maximum Gasteiger partial charge on any atom is 0.165 e. The van der Waals surface area contributed by atoms with E-state index in [0.29, 0.717) is 5.78 Å². The normalized spacial score (nSPS) is 17.7. The topological polar surface area (TPSA) is 17.1 Å². The highest BCUT2D eigenvalue weighted by Crippen LogP contribution is 2.27. The van der Waals surface area contributed by atoms with E-state index in [9.17, 15) is 4.79 Å². The number of hydrogen-bond acceptors (Lipinski definition) is 1. The molecule has 0 spiro atoms. The van der Waals surface area contributed by atoms with Gasteiger partial charge in [0.2, 0.25) is 0 Å². The van der Waals surface area contributed by atoms with E-state index >= 15 is 0 Å². The average molecular weight is 267 g/mol. The van der Waals surface area contributed by atoms with Gasteiger partial charge in [-0.3, -0.25) is 4.79 Å². The third-order valence-corrected chi connectivity index (χ3v) is 3.58. The first-order valence-corrected chi connectivity index (χ1v) is 6.36. The van der Waals surface area contributed by atoms with Crippen LogP contribution in [-0.4, -0.2) is 5.78 Å². The standard InChI is InChI=1S/C13H15BrO/c14-12-8-4-7-11(9-12)13(15)10-5-2-1-3-6-10/h4,7-10H,1-3,5-6H2. The maximum absolute atomic E-state index is 12.1. The fraction of sp³-hybridized carbons (Fsp3) is 0.462. The average Bonchev–Trinajstić information content (AvgIpc) is 2.29. The first-order chi connectivity index (χ1) is 7.27. The SMILES string of the molecule is O=C(c1cccc(Br)c1)C1CCCCC1. The van der Waals surface area contributed by atoms with Gasteiger partial charge in [0.15, 0.2) is 5.78 Å². The number of carbonyl (C=O) groups excluding carboxylic acids is 1. The molecule has 15 heavy (non-hydrogen) atoms. The number of Topliss-reactive ketones (excluding diaryl/α,β-unsaturated/α-hetero) is 1. The molecule has 80 valence electrons. The molecule has 0 unspecified atom stereocenters. The molecule has 0 bridgehead atoms. The first kappa shape index (κ1) is 10.9. The molecule has 0 heterocycles. The number of carbonyl (C=O) groups is 1. The van der Waals surface area contributed by atoms with Crippen LogP contribution < -0.4 is 0 Å². The van der Waals surface area contributed by atoms with Crippen molar-refractivity contribution in [1.82, 2.24) is 0 Å². The lowest BCUT2D eigenvalue weighted by atomic mass is 9.84. The van der Waals surface area contributed by atoms with Gasteiger partial charge in [-0.1, -0.05) is 47.3 Å². The third-order valence-electron chi connectivity index (χ3n) is 3.09. The van der Waals surface area contributed by atoms with Crippen LogP contribution in [0, 0.1) is 5.92 Å². The molecule has 1 fully saturated rings. The highest BCUT2D eigenvalue weighted by Gasteiger charge is 2.22. The van der Waals surface area contributed by atoms with Crippen molar-refractivity contribution in [2.24, 2.45) is 5.92 Å². The van der Waals surface area contributed by atoms with Crippen molar-refractivity contribution in [3.8, 4) is 0 Å². The molecule has 0 atom stereocenters. The van der Waals surface area contributed by atoms with Crippen molar-refractivity contribution in [3.63, 3.8) is 0 Å². The predicted molar refractivity (Wildman–Crippen MR) is 65.0 cm³/mol. The van der Waals surface area contributed by atoms with Crippen molar-refractivity contribution < 1.29 is 4.79 Å². The molecule has 1 aliphatic rings. The van der Waals surface area contributed by atoms with Crippen LogP contribution in [0.4, 0.5) is 0 Å². The zero-order valence-corrected chi connectivity index (χ0v) is 10.3. The molecule has 2 rings (SSSR count). The maximum atomic E-state index is 12.1. The Balaban J connectivity index is 2.12. The van der Waals surface area contributed by atoms with Crippen LogP contribution in [0.1, 0.15) is 42.5 Å². The van der Waals surface area contributed by atoms with Gasteiger partial charge in [0.25, 0.3) is 0 Å². The summed E-state index contributed by atoms with van der Waals surface area (Å²) in [7, 11) is 0. The van der Waals surface area contributed by atoms with Crippen LogP contribution in [-0.2, 0) is 0 Å². The van der Waals surface area contributed by atoms with E-state index in [2.05, 4.69) is 15.9 Å². The molecule has 1 aliphatic carbocycles. The number of benzene rings is 1. The summed E-state index contributed by atoms with van der Waals surface area (Å²) in [5, 5.41) is 0. The molecule has 1 saturated carbocycles. The quantitative estimate of drug-likeness (QED) is 0.733. The molecule has 2 heteroatoms. The van der Waals surface area contributed by atoms with Gasteiger partial charge in [0, 0.05) is 16.0 Å². The lowest BCUT2D eigenvalue weighted by Crippen LogP contribution is -2.17. The second-order valence-corrected chi connectivity index (χ2v) is 5.13. The Bertz CT molecular complexity index is 353. The van der Waals surface area contributed by atoms with E-state index in [4.69, 9.17) is 0 Å². The lowest BCUT2D eigenvalue weighted by molar-refractivity contribution is 0.0889. The van der Waals surface area contributed by atoms with Crippen LogP contribution in [0.25, 0.3) is 0 Å². The van der Waals surface area contributed by atoms with Crippen LogP contribution in [0.5, 0.6) is 0 Å². The van der Waals surface area contributed by atoms with E-state index in [1.807, 2.05) is 24.3 Å². The Hall–Kier alpha value is -0.630. The molecule has 1 aromatic carbocycles. The van der Waals surface area contributed by atoms with Crippen LogP contribution in [0.3, 0.4) is 0 Å². The number of hydrogen-bond donors (Lipinski definition) is 0. The summed E-state index contributed by atoms with van der Waals surface area (Å²) < 4.78 is 0.990. The van der Waals surface area contributed by atoms with Crippen molar-refractivity contribution >= 4 is 21.7 Å². The van der Waals surface area contributed by atoms with E-state index in [-0.39, 0.29) is 5.92 Å². The zero-order chi connectivity index (χ0) is 10.7. The minimum absolute atomic E-state index is 0.271. The van der Waals surface area contributed by atoms with Crippen molar-refractivity contribution in [3.05, 3.63) is 34.3 Å². The summed E-state index contributed by atoms with van der Waals surface area (Å²) in [5.74, 6) is 0.601. The van der Waals surface area contributed by atoms with Crippen molar-refractivity contribution in [2.75, 3.05) is 0 Å². The fourth-order valence-corrected chi connectivity index (χ4v) is 2.64. The molecule has 0 amide bonds. The first-order valence-electron chi connectivity index (χ1n) is 5.57. The molecule has 0 aromatic heterocycles. The summed E-state index contributed by atoms with van der Waals surface area (Å²) in [6.07, 6.45) is 5.87. The fourth-order valence-electron chi connectivity index (χ4n) is 2.24. The van der Waals surface area contributed by atoms with E-state index in [0.717, 1.165) is 22.9 Å². The summed E-state index contributed by atoms with van der Waals surface area (Å²) in [6, 6.07) is 7.73. The van der Waals surface area contributed by atoms with Gasteiger partial charge in [0.1, 0.15) is 0 Å². The summed E-state index contributed by atoms with van der Waals surface area (Å²) >= 11 is 3.40. The molecular weight excluding hydrogens is 252 g/mol. The second kappa shape index (κ2) is 4.93. The highest BCUT2D eigenvalue weighted by molar-refractivity contribution is 9.10. The summed E-state index contributed by atoms with van der Waals surface area (Å²) in [6.45, 7) is 0.